The molecule has 0 saturated carbocycles. The summed E-state index contributed by atoms with van der Waals surface area (Å²) in [4.78, 5) is 14.7. The first-order valence-electron chi connectivity index (χ1n) is 6.27. The molecule has 0 bridgehead atoms. The molecule has 7 nitrogen and oxygen atoms in total. The van der Waals surface area contributed by atoms with Gasteiger partial charge < -0.3 is 14.9 Å². The van der Waals surface area contributed by atoms with Crippen LogP contribution >= 0.6 is 34.8 Å². The summed E-state index contributed by atoms with van der Waals surface area (Å²) in [6.45, 7) is 0. The van der Waals surface area contributed by atoms with E-state index in [1.165, 1.54) is 25.5 Å². The van der Waals surface area contributed by atoms with E-state index in [0.717, 1.165) is 0 Å². The number of carboxylic acid groups (broad SMARTS) is 1. The third-order valence-corrected chi connectivity index (χ3v) is 3.92. The van der Waals surface area contributed by atoms with Gasteiger partial charge >= 0.3 is 5.97 Å². The molecule has 2 rings (SSSR count). The Hall–Kier alpha value is -2.22. The van der Waals surface area contributed by atoms with Gasteiger partial charge in [0.25, 0.3) is 0 Å². The van der Waals surface area contributed by atoms with Crippen molar-refractivity contribution in [2.45, 2.75) is 0 Å². The Kier molecular flexibility index (Phi) is 5.71. The first-order chi connectivity index (χ1) is 11.3. The molecule has 0 aliphatic rings. The van der Waals surface area contributed by atoms with Crippen LogP contribution in [0, 0.1) is 0 Å². The minimum absolute atomic E-state index is 0.0113. The Balaban J connectivity index is 2.29. The van der Waals surface area contributed by atoms with Crippen LogP contribution in [0.5, 0.6) is 11.5 Å². The maximum absolute atomic E-state index is 11.6. The van der Waals surface area contributed by atoms with Crippen molar-refractivity contribution >= 4 is 52.7 Å². The van der Waals surface area contributed by atoms with Crippen LogP contribution in [0.4, 0.5) is 5.69 Å². The second-order valence-corrected chi connectivity index (χ2v) is 5.45. The molecule has 1 aromatic carbocycles. The zero-order valence-corrected chi connectivity index (χ0v) is 14.3. The number of halogens is 3. The van der Waals surface area contributed by atoms with E-state index in [-0.39, 0.29) is 32.4 Å². The molecule has 0 spiro atoms. The molecule has 0 aliphatic carbocycles. The van der Waals surface area contributed by atoms with Gasteiger partial charge in [-0.3, -0.25) is 5.43 Å². The van der Waals surface area contributed by atoms with Crippen LogP contribution in [0.2, 0.25) is 15.2 Å². The van der Waals surface area contributed by atoms with Gasteiger partial charge in [-0.15, -0.1) is 0 Å². The highest BCUT2D eigenvalue weighted by molar-refractivity contribution is 6.46. The van der Waals surface area contributed by atoms with Gasteiger partial charge in [0.05, 0.1) is 19.0 Å². The van der Waals surface area contributed by atoms with Crippen LogP contribution in [0.15, 0.2) is 23.3 Å². The number of ether oxygens (including phenoxy) is 1. The van der Waals surface area contributed by atoms with Crippen molar-refractivity contribution < 1.29 is 19.7 Å². The van der Waals surface area contributed by atoms with Crippen molar-refractivity contribution in [1.82, 2.24) is 4.98 Å². The summed E-state index contributed by atoms with van der Waals surface area (Å²) in [6.07, 6.45) is 1.32. The quantitative estimate of drug-likeness (QED) is 0.462. The fourth-order valence-corrected chi connectivity index (χ4v) is 2.37. The Morgan fingerprint density at radius 1 is 1.38 bits per heavy atom. The lowest BCUT2D eigenvalue weighted by Gasteiger charge is -2.12. The van der Waals surface area contributed by atoms with E-state index in [9.17, 15) is 9.90 Å². The Morgan fingerprint density at radius 3 is 2.67 bits per heavy atom. The summed E-state index contributed by atoms with van der Waals surface area (Å²) in [6, 6.07) is 4.42. The van der Waals surface area contributed by atoms with Crippen LogP contribution in [0.1, 0.15) is 16.1 Å². The predicted octanol–water partition coefficient (Wildman–Crippen LogP) is 3.27. The summed E-state index contributed by atoms with van der Waals surface area (Å²) in [5, 5.41) is 24.0. The first kappa shape index (κ1) is 18.1. The molecular formula is C14H9Cl3N3O4-. The number of carbonyl (C=O) groups is 1. The molecule has 126 valence electrons. The van der Waals surface area contributed by atoms with Crippen LogP contribution in [0.3, 0.4) is 0 Å². The second kappa shape index (κ2) is 7.57. The highest BCUT2D eigenvalue weighted by atomic mass is 35.5. The van der Waals surface area contributed by atoms with Crippen LogP contribution in [0.25, 0.3) is 0 Å². The molecule has 2 N–H and O–H groups in total. The summed E-state index contributed by atoms with van der Waals surface area (Å²) in [7, 11) is 1.39. The number of carboxylic acids is 1. The summed E-state index contributed by atoms with van der Waals surface area (Å²) in [5.41, 5.74) is 2.51. The van der Waals surface area contributed by atoms with Gasteiger partial charge in [0, 0.05) is 0 Å². The molecule has 0 saturated heterocycles. The number of aromatic nitrogens is 1. The van der Waals surface area contributed by atoms with Crippen molar-refractivity contribution in [3.8, 4) is 11.5 Å². The molecule has 0 fully saturated rings. The first-order valence-corrected chi connectivity index (χ1v) is 7.40. The fourth-order valence-electron chi connectivity index (χ4n) is 1.70. The van der Waals surface area contributed by atoms with Gasteiger partial charge in [0.15, 0.2) is 10.8 Å². The van der Waals surface area contributed by atoms with Gasteiger partial charge in [-0.2, -0.15) is 5.10 Å². The minimum Gasteiger partial charge on any atom is -0.870 e. The van der Waals surface area contributed by atoms with Gasteiger partial charge in [-0.05, 0) is 17.7 Å². The smallest absolute Gasteiger partial charge is 0.356 e. The van der Waals surface area contributed by atoms with E-state index < -0.39 is 11.7 Å². The lowest BCUT2D eigenvalue weighted by atomic mass is 10.2. The maximum Gasteiger partial charge on any atom is 0.356 e. The summed E-state index contributed by atoms with van der Waals surface area (Å²) >= 11 is 17.7. The maximum atomic E-state index is 11.6. The molecule has 0 unspecified atom stereocenters. The highest BCUT2D eigenvalue weighted by Crippen LogP contribution is 2.36. The lowest BCUT2D eigenvalue weighted by molar-refractivity contribution is -0.270. The van der Waals surface area contributed by atoms with Crippen LogP contribution in [-0.4, -0.2) is 29.4 Å². The number of hydrogen-bond acceptors (Lipinski definition) is 6. The standard InChI is InChI=1S/C14H10Cl3N3O4/c1-24-8-3-2-6(4-7(8)21)5-18-20-11-9(15)12(14(22)23)19-13(17)10(11)16/h2-5,21H,1H3,(H,19,20)(H,22,23)/p-1/b18-5-. The molecule has 1 aromatic heterocycles. The van der Waals surface area contributed by atoms with Gasteiger partial charge in [-0.25, -0.2) is 9.78 Å². The third kappa shape index (κ3) is 3.81. The number of pyridine rings is 1. The second-order valence-electron chi connectivity index (χ2n) is 4.34. The zero-order chi connectivity index (χ0) is 17.9. The molecule has 24 heavy (non-hydrogen) atoms. The largest absolute Gasteiger partial charge is 0.870 e. The SMILES string of the molecule is COc1ccc(/C=N\Nc2c(Cl)c(Cl)nc(C(=O)O)c2Cl)cc1[O-]. The zero-order valence-electron chi connectivity index (χ0n) is 12.0. The van der Waals surface area contributed by atoms with Gasteiger partial charge in [0.2, 0.25) is 0 Å². The van der Waals surface area contributed by atoms with Crippen molar-refractivity contribution in [3.63, 3.8) is 0 Å². The monoisotopic (exact) mass is 388 g/mol. The van der Waals surface area contributed by atoms with Crippen molar-refractivity contribution in [2.24, 2.45) is 5.10 Å². The number of hydrazone groups is 1. The summed E-state index contributed by atoms with van der Waals surface area (Å²) in [5.74, 6) is -1.47. The average molecular weight is 390 g/mol. The Morgan fingerprint density at radius 2 is 2.08 bits per heavy atom. The number of nitrogens with one attached hydrogen (secondary N) is 1. The normalized spacial score (nSPS) is 10.8. The van der Waals surface area contributed by atoms with Crippen molar-refractivity contribution in [1.29, 1.82) is 0 Å². The van der Waals surface area contributed by atoms with E-state index in [1.807, 2.05) is 0 Å². The number of nitrogens with zero attached hydrogens (tertiary/aromatic N) is 2. The average Bonchev–Trinajstić information content (AvgIpc) is 2.54. The van der Waals surface area contributed by atoms with E-state index in [1.54, 1.807) is 6.07 Å². The fraction of sp³-hybridized carbons (Fsp3) is 0.0714. The molecule has 0 aliphatic heterocycles. The van der Waals surface area contributed by atoms with Crippen LogP contribution in [-0.2, 0) is 0 Å². The molecule has 0 amide bonds. The molecule has 0 radical (unpaired) electrons. The van der Waals surface area contributed by atoms with Crippen LogP contribution < -0.4 is 15.3 Å². The predicted molar refractivity (Wildman–Crippen MR) is 89.9 cm³/mol. The number of hydrogen-bond donors (Lipinski definition) is 2. The Bertz CT molecular complexity index is 827. The van der Waals surface area contributed by atoms with Gasteiger partial charge in [-0.1, -0.05) is 46.6 Å². The van der Waals surface area contributed by atoms with E-state index in [2.05, 4.69) is 15.5 Å². The minimum atomic E-state index is -1.36. The molecular weight excluding hydrogens is 381 g/mol. The Labute approximate surface area is 151 Å². The number of anilines is 1. The summed E-state index contributed by atoms with van der Waals surface area (Å²) < 4.78 is 4.87. The molecule has 1 heterocycles. The van der Waals surface area contributed by atoms with E-state index >= 15 is 0 Å². The van der Waals surface area contributed by atoms with Gasteiger partial charge in [0.1, 0.15) is 15.8 Å². The highest BCUT2D eigenvalue weighted by Gasteiger charge is 2.20. The number of methoxy groups -OCH3 is 1. The number of aromatic carboxylic acids is 1. The molecule has 0 atom stereocenters. The number of benzene rings is 1. The number of rotatable bonds is 5. The van der Waals surface area contributed by atoms with Crippen molar-refractivity contribution in [3.05, 3.63) is 44.7 Å². The lowest BCUT2D eigenvalue weighted by Crippen LogP contribution is -2.05. The molecule has 2 aromatic rings. The third-order valence-electron chi connectivity index (χ3n) is 2.82. The van der Waals surface area contributed by atoms with Crippen molar-refractivity contribution in [2.75, 3.05) is 12.5 Å². The van der Waals surface area contributed by atoms with E-state index in [4.69, 9.17) is 44.6 Å². The molecule has 10 heteroatoms. The topological polar surface area (TPSA) is 107 Å². The van der Waals surface area contributed by atoms with E-state index in [0.29, 0.717) is 5.56 Å².